The van der Waals surface area contributed by atoms with Crippen LogP contribution in [0.3, 0.4) is 0 Å². The lowest BCUT2D eigenvalue weighted by atomic mass is 9.95. The van der Waals surface area contributed by atoms with Crippen molar-refractivity contribution in [1.82, 2.24) is 9.78 Å². The number of fused-ring (bicyclic) bond motifs is 1. The Kier molecular flexibility index (Phi) is 4.24. The molecule has 1 aromatic heterocycles. The lowest BCUT2D eigenvalue weighted by molar-refractivity contribution is 0.0973. The van der Waals surface area contributed by atoms with Crippen LogP contribution in [0.2, 0.25) is 0 Å². The van der Waals surface area contributed by atoms with Crippen molar-refractivity contribution >= 4 is 17.5 Å². The van der Waals surface area contributed by atoms with Gasteiger partial charge in [-0.25, -0.2) is 4.68 Å². The molecule has 0 saturated heterocycles. The molecule has 2 amide bonds. The molecule has 6 nitrogen and oxygen atoms in total. The van der Waals surface area contributed by atoms with Crippen LogP contribution in [0.4, 0.5) is 5.69 Å². The Morgan fingerprint density at radius 2 is 1.85 bits per heavy atom. The van der Waals surface area contributed by atoms with Crippen molar-refractivity contribution in [2.24, 2.45) is 5.73 Å². The number of aromatic nitrogens is 2. The van der Waals surface area contributed by atoms with Crippen LogP contribution in [0.1, 0.15) is 38.5 Å². The van der Waals surface area contributed by atoms with Crippen molar-refractivity contribution in [3.05, 3.63) is 77.1 Å². The quantitative estimate of drug-likeness (QED) is 0.780. The first-order valence-electron chi connectivity index (χ1n) is 8.92. The zero-order valence-electron chi connectivity index (χ0n) is 15.1. The standard InChI is InChI=1S/C21H20N4O2/c1-14-13-18(23-25(14)15-7-3-2-4-8-15)21(27)24-12-6-10-16-17(20(22)26)9-5-11-19(16)24/h2-5,7-9,11,13H,6,10,12H2,1H3,(H2,22,26). The van der Waals surface area contributed by atoms with Crippen LogP contribution in [0, 0.1) is 6.92 Å². The summed E-state index contributed by atoms with van der Waals surface area (Å²) in [6.07, 6.45) is 1.51. The van der Waals surface area contributed by atoms with Crippen LogP contribution in [-0.2, 0) is 6.42 Å². The zero-order chi connectivity index (χ0) is 19.0. The molecule has 1 aliphatic rings. The van der Waals surface area contributed by atoms with Gasteiger partial charge < -0.3 is 10.6 Å². The van der Waals surface area contributed by atoms with Gasteiger partial charge in [0.05, 0.1) is 5.69 Å². The predicted octanol–water partition coefficient (Wildman–Crippen LogP) is 2.87. The average molecular weight is 360 g/mol. The van der Waals surface area contributed by atoms with E-state index in [0.717, 1.165) is 35.5 Å². The molecule has 0 atom stereocenters. The van der Waals surface area contributed by atoms with Gasteiger partial charge in [-0.05, 0) is 55.7 Å². The van der Waals surface area contributed by atoms with Crippen molar-refractivity contribution in [2.75, 3.05) is 11.4 Å². The van der Waals surface area contributed by atoms with E-state index in [1.807, 2.05) is 43.3 Å². The highest BCUT2D eigenvalue weighted by Crippen LogP contribution is 2.31. The molecule has 4 rings (SSSR count). The molecule has 0 aliphatic carbocycles. The van der Waals surface area contributed by atoms with E-state index in [-0.39, 0.29) is 5.91 Å². The summed E-state index contributed by atoms with van der Waals surface area (Å²) in [5.41, 5.74) is 9.74. The number of hydrogen-bond acceptors (Lipinski definition) is 3. The van der Waals surface area contributed by atoms with Gasteiger partial charge >= 0.3 is 0 Å². The maximum Gasteiger partial charge on any atom is 0.278 e. The second-order valence-electron chi connectivity index (χ2n) is 6.65. The van der Waals surface area contributed by atoms with Gasteiger partial charge in [0.1, 0.15) is 0 Å². The minimum Gasteiger partial charge on any atom is -0.366 e. The summed E-state index contributed by atoms with van der Waals surface area (Å²) >= 11 is 0. The summed E-state index contributed by atoms with van der Waals surface area (Å²) in [7, 11) is 0. The molecule has 6 heteroatoms. The molecule has 2 N–H and O–H groups in total. The molecule has 3 aromatic rings. The van der Waals surface area contributed by atoms with E-state index >= 15 is 0 Å². The summed E-state index contributed by atoms with van der Waals surface area (Å²) in [5, 5.41) is 4.52. The molecular formula is C21H20N4O2. The first-order chi connectivity index (χ1) is 13.1. The zero-order valence-corrected chi connectivity index (χ0v) is 15.1. The van der Waals surface area contributed by atoms with E-state index in [9.17, 15) is 9.59 Å². The minimum absolute atomic E-state index is 0.171. The molecule has 0 bridgehead atoms. The number of aryl methyl sites for hydroxylation is 1. The normalized spacial score (nSPS) is 13.3. The Morgan fingerprint density at radius 1 is 1.07 bits per heavy atom. The Hall–Kier alpha value is -3.41. The molecule has 27 heavy (non-hydrogen) atoms. The molecule has 136 valence electrons. The number of carbonyl (C=O) groups excluding carboxylic acids is 2. The number of nitrogens with two attached hydrogens (primary N) is 1. The van der Waals surface area contributed by atoms with Crippen molar-refractivity contribution in [2.45, 2.75) is 19.8 Å². The number of benzene rings is 2. The third-order valence-corrected chi connectivity index (χ3v) is 4.87. The smallest absolute Gasteiger partial charge is 0.278 e. The van der Waals surface area contributed by atoms with E-state index in [1.165, 1.54) is 0 Å². The van der Waals surface area contributed by atoms with E-state index in [2.05, 4.69) is 5.10 Å². The fourth-order valence-electron chi connectivity index (χ4n) is 3.61. The number of hydrogen-bond donors (Lipinski definition) is 1. The van der Waals surface area contributed by atoms with Gasteiger partial charge in [-0.15, -0.1) is 0 Å². The first kappa shape index (κ1) is 17.0. The van der Waals surface area contributed by atoms with Gasteiger partial charge in [0, 0.05) is 23.5 Å². The number of anilines is 1. The number of rotatable bonds is 3. The topological polar surface area (TPSA) is 81.2 Å². The fraction of sp³-hybridized carbons (Fsp3) is 0.190. The first-order valence-corrected chi connectivity index (χ1v) is 8.92. The third kappa shape index (κ3) is 2.99. The molecule has 0 spiro atoms. The summed E-state index contributed by atoms with van der Waals surface area (Å²) in [6, 6.07) is 16.8. The molecular weight excluding hydrogens is 340 g/mol. The average Bonchev–Trinajstić information content (AvgIpc) is 3.08. The van der Waals surface area contributed by atoms with Gasteiger partial charge in [0.2, 0.25) is 5.91 Å². The summed E-state index contributed by atoms with van der Waals surface area (Å²) in [4.78, 5) is 26.6. The van der Waals surface area contributed by atoms with Crippen LogP contribution in [0.15, 0.2) is 54.6 Å². The Labute approximate surface area is 157 Å². The van der Waals surface area contributed by atoms with Crippen molar-refractivity contribution < 1.29 is 9.59 Å². The maximum atomic E-state index is 13.2. The summed E-state index contributed by atoms with van der Waals surface area (Å²) in [6.45, 7) is 2.51. The Balaban J connectivity index is 1.72. The molecule has 1 aliphatic heterocycles. The van der Waals surface area contributed by atoms with E-state index in [4.69, 9.17) is 5.73 Å². The minimum atomic E-state index is -0.467. The fourth-order valence-corrected chi connectivity index (χ4v) is 3.61. The van der Waals surface area contributed by atoms with Crippen LogP contribution in [0.25, 0.3) is 5.69 Å². The van der Waals surface area contributed by atoms with Crippen LogP contribution in [0.5, 0.6) is 0 Å². The SMILES string of the molecule is Cc1cc(C(=O)N2CCCc3c(C(N)=O)cccc32)nn1-c1ccccc1. The van der Waals surface area contributed by atoms with E-state index in [1.54, 1.807) is 27.8 Å². The third-order valence-electron chi connectivity index (χ3n) is 4.87. The molecule has 0 radical (unpaired) electrons. The second-order valence-corrected chi connectivity index (χ2v) is 6.65. The van der Waals surface area contributed by atoms with Crippen molar-refractivity contribution in [3.8, 4) is 5.69 Å². The molecule has 0 fully saturated rings. The molecule has 0 unspecified atom stereocenters. The monoisotopic (exact) mass is 360 g/mol. The second kappa shape index (κ2) is 6.72. The number of primary amides is 1. The van der Waals surface area contributed by atoms with E-state index in [0.29, 0.717) is 17.8 Å². The number of carbonyl (C=O) groups is 2. The van der Waals surface area contributed by atoms with Crippen molar-refractivity contribution in [1.29, 1.82) is 0 Å². The van der Waals surface area contributed by atoms with E-state index < -0.39 is 5.91 Å². The lowest BCUT2D eigenvalue weighted by Gasteiger charge is -2.30. The van der Waals surface area contributed by atoms with Crippen molar-refractivity contribution in [3.63, 3.8) is 0 Å². The largest absolute Gasteiger partial charge is 0.366 e. The molecule has 2 aromatic carbocycles. The highest BCUT2D eigenvalue weighted by atomic mass is 16.2. The van der Waals surface area contributed by atoms with Gasteiger partial charge in [-0.1, -0.05) is 24.3 Å². The van der Waals surface area contributed by atoms with Crippen LogP contribution >= 0.6 is 0 Å². The molecule has 2 heterocycles. The van der Waals surface area contributed by atoms with Crippen LogP contribution < -0.4 is 10.6 Å². The van der Waals surface area contributed by atoms with Crippen LogP contribution in [-0.4, -0.2) is 28.1 Å². The van der Waals surface area contributed by atoms with Gasteiger partial charge in [0.25, 0.3) is 5.91 Å². The number of nitrogens with zero attached hydrogens (tertiary/aromatic N) is 3. The summed E-state index contributed by atoms with van der Waals surface area (Å²) in [5.74, 6) is -0.638. The number of amides is 2. The Bertz CT molecular complexity index is 1020. The van der Waals surface area contributed by atoms with Gasteiger partial charge in [0.15, 0.2) is 5.69 Å². The molecule has 0 saturated carbocycles. The lowest BCUT2D eigenvalue weighted by Crippen LogP contribution is -2.36. The predicted molar refractivity (Wildman–Crippen MR) is 103 cm³/mol. The highest BCUT2D eigenvalue weighted by molar-refractivity contribution is 6.07. The van der Waals surface area contributed by atoms with Gasteiger partial charge in [-0.3, -0.25) is 9.59 Å². The highest BCUT2D eigenvalue weighted by Gasteiger charge is 2.28. The Morgan fingerprint density at radius 3 is 2.59 bits per heavy atom. The maximum absolute atomic E-state index is 13.2. The number of para-hydroxylation sites is 1. The van der Waals surface area contributed by atoms with Gasteiger partial charge in [-0.2, -0.15) is 5.10 Å². The summed E-state index contributed by atoms with van der Waals surface area (Å²) < 4.78 is 1.76.